The largest absolute Gasteiger partial charge is 0.490 e. The molecule has 0 heterocycles. The Bertz CT molecular complexity index is 1010. The summed E-state index contributed by atoms with van der Waals surface area (Å²) in [6, 6.07) is 8.71. The van der Waals surface area contributed by atoms with E-state index < -0.39 is 21.8 Å². The highest BCUT2D eigenvalue weighted by atomic mass is 32.2. The molecular weight excluding hydrogens is 407 g/mol. The number of rotatable bonds is 7. The van der Waals surface area contributed by atoms with Crippen molar-refractivity contribution in [1.29, 1.82) is 0 Å². The van der Waals surface area contributed by atoms with Gasteiger partial charge in [-0.05, 0) is 44.2 Å². The maximum atomic E-state index is 12.7. The number of alkyl halides is 3. The molecule has 0 atom stereocenters. The molecule has 0 spiro atoms. The van der Waals surface area contributed by atoms with E-state index in [4.69, 9.17) is 9.47 Å². The van der Waals surface area contributed by atoms with Gasteiger partial charge >= 0.3 is 6.18 Å². The fourth-order valence-electron chi connectivity index (χ4n) is 2.33. The second kappa shape index (κ2) is 9.67. The molecular formula is C20H20F3NO4S. The first-order valence-corrected chi connectivity index (χ1v) is 10.2. The molecule has 0 saturated carbocycles. The third-order valence-corrected chi connectivity index (χ3v) is 5.00. The van der Waals surface area contributed by atoms with Crippen molar-refractivity contribution in [3.05, 3.63) is 53.6 Å². The van der Waals surface area contributed by atoms with Gasteiger partial charge in [0, 0.05) is 11.6 Å². The topological polar surface area (TPSA) is 64.6 Å². The third kappa shape index (κ3) is 6.41. The van der Waals surface area contributed by atoms with E-state index in [9.17, 15) is 21.6 Å². The first-order chi connectivity index (χ1) is 13.7. The second-order valence-corrected chi connectivity index (χ2v) is 7.45. The number of nitrogens with one attached hydrogen (secondary N) is 1. The van der Waals surface area contributed by atoms with E-state index in [1.54, 1.807) is 13.8 Å². The highest BCUT2D eigenvalue weighted by Gasteiger charge is 2.30. The van der Waals surface area contributed by atoms with Gasteiger partial charge in [-0.3, -0.25) is 0 Å². The van der Waals surface area contributed by atoms with E-state index in [1.165, 1.54) is 30.3 Å². The van der Waals surface area contributed by atoms with Crippen molar-refractivity contribution in [2.75, 3.05) is 19.8 Å². The lowest BCUT2D eigenvalue weighted by molar-refractivity contribution is -0.137. The predicted octanol–water partition coefficient (Wildman–Crippen LogP) is 3.83. The van der Waals surface area contributed by atoms with Crippen molar-refractivity contribution in [2.24, 2.45) is 0 Å². The average Bonchev–Trinajstić information content (AvgIpc) is 2.66. The van der Waals surface area contributed by atoms with Crippen LogP contribution in [0.5, 0.6) is 11.5 Å². The molecule has 2 aromatic carbocycles. The molecule has 0 aliphatic carbocycles. The molecule has 0 bridgehead atoms. The highest BCUT2D eigenvalue weighted by molar-refractivity contribution is 7.89. The zero-order valence-corrected chi connectivity index (χ0v) is 16.7. The van der Waals surface area contributed by atoms with Crippen LogP contribution in [0.4, 0.5) is 13.2 Å². The molecule has 29 heavy (non-hydrogen) atoms. The van der Waals surface area contributed by atoms with Gasteiger partial charge in [-0.1, -0.05) is 17.9 Å². The lowest BCUT2D eigenvalue weighted by Crippen LogP contribution is -2.24. The summed E-state index contributed by atoms with van der Waals surface area (Å²) < 4.78 is 76.1. The van der Waals surface area contributed by atoms with E-state index in [2.05, 4.69) is 16.6 Å². The van der Waals surface area contributed by atoms with Gasteiger partial charge in [-0.15, -0.1) is 0 Å². The van der Waals surface area contributed by atoms with E-state index >= 15 is 0 Å². The summed E-state index contributed by atoms with van der Waals surface area (Å²) in [5.41, 5.74) is -0.679. The Hall–Kier alpha value is -2.70. The van der Waals surface area contributed by atoms with Crippen LogP contribution in [0.25, 0.3) is 0 Å². The molecule has 0 fully saturated rings. The van der Waals surface area contributed by atoms with Crippen molar-refractivity contribution in [1.82, 2.24) is 4.72 Å². The molecule has 1 N–H and O–H groups in total. The Balaban J connectivity index is 2.12. The molecule has 156 valence electrons. The lowest BCUT2D eigenvalue weighted by Gasteiger charge is -2.12. The van der Waals surface area contributed by atoms with Crippen LogP contribution in [0.3, 0.4) is 0 Å². The summed E-state index contributed by atoms with van der Waals surface area (Å²) >= 11 is 0. The van der Waals surface area contributed by atoms with Crippen molar-refractivity contribution < 1.29 is 31.1 Å². The minimum atomic E-state index is -4.47. The SMILES string of the molecule is CCOc1ccc(S(=O)(=O)NCC#Cc2cccc(C(F)(F)F)c2)cc1OCC. The molecule has 0 aliphatic heterocycles. The number of benzene rings is 2. The molecule has 5 nitrogen and oxygen atoms in total. The third-order valence-electron chi connectivity index (χ3n) is 3.60. The summed E-state index contributed by atoms with van der Waals surface area (Å²) in [6.45, 7) is 4.02. The van der Waals surface area contributed by atoms with Crippen molar-refractivity contribution in [2.45, 2.75) is 24.9 Å². The van der Waals surface area contributed by atoms with Crippen molar-refractivity contribution in [3.8, 4) is 23.3 Å². The van der Waals surface area contributed by atoms with E-state index in [1.807, 2.05) is 0 Å². The zero-order valence-electron chi connectivity index (χ0n) is 15.8. The summed E-state index contributed by atoms with van der Waals surface area (Å²) in [4.78, 5) is -0.0368. The second-order valence-electron chi connectivity index (χ2n) is 5.68. The number of hydrogen-bond donors (Lipinski definition) is 1. The van der Waals surface area contributed by atoms with Gasteiger partial charge in [0.15, 0.2) is 11.5 Å². The molecule has 0 aromatic heterocycles. The summed E-state index contributed by atoms with van der Waals surface area (Å²) in [7, 11) is -3.89. The van der Waals surface area contributed by atoms with Gasteiger partial charge in [0.1, 0.15) is 0 Å². The van der Waals surface area contributed by atoms with E-state index in [-0.39, 0.29) is 17.0 Å². The Labute approximate surface area is 167 Å². The number of hydrogen-bond acceptors (Lipinski definition) is 4. The quantitative estimate of drug-likeness (QED) is 0.682. The van der Waals surface area contributed by atoms with Crippen LogP contribution in [0.15, 0.2) is 47.4 Å². The van der Waals surface area contributed by atoms with Crippen molar-refractivity contribution in [3.63, 3.8) is 0 Å². The maximum Gasteiger partial charge on any atom is 0.416 e. The predicted molar refractivity (Wildman–Crippen MR) is 102 cm³/mol. The molecule has 0 aliphatic rings. The highest BCUT2D eigenvalue weighted by Crippen LogP contribution is 2.30. The Morgan fingerprint density at radius 3 is 2.34 bits per heavy atom. The zero-order chi connectivity index (χ0) is 21.5. The molecule has 0 unspecified atom stereocenters. The van der Waals surface area contributed by atoms with Crippen LogP contribution >= 0.6 is 0 Å². The Morgan fingerprint density at radius 2 is 1.69 bits per heavy atom. The number of sulfonamides is 1. The number of halogens is 3. The van der Waals surface area contributed by atoms with Gasteiger partial charge in [0.05, 0.1) is 30.2 Å². The summed E-state index contributed by atoms with van der Waals surface area (Å²) in [5.74, 6) is 5.76. The standard InChI is InChI=1S/C20H20F3NO4S/c1-3-27-18-11-10-17(14-19(18)28-4-2)29(25,26)24-12-6-8-15-7-5-9-16(13-15)20(21,22)23/h5,7,9-11,13-14,24H,3-4,12H2,1-2H3. The fraction of sp³-hybridized carbons (Fsp3) is 0.300. The average molecular weight is 427 g/mol. The van der Waals surface area contributed by atoms with Gasteiger partial charge in [-0.2, -0.15) is 17.9 Å². The minimum absolute atomic E-state index is 0.0368. The molecule has 9 heteroatoms. The Kier molecular flexibility index (Phi) is 7.53. The van der Waals surface area contributed by atoms with Gasteiger partial charge in [0.2, 0.25) is 10.0 Å². The maximum absolute atomic E-state index is 12.7. The van der Waals surface area contributed by atoms with Gasteiger partial charge in [-0.25, -0.2) is 8.42 Å². The lowest BCUT2D eigenvalue weighted by atomic mass is 10.1. The first kappa shape index (κ1) is 22.6. The minimum Gasteiger partial charge on any atom is -0.490 e. The van der Waals surface area contributed by atoms with Crippen LogP contribution in [0, 0.1) is 11.8 Å². The van der Waals surface area contributed by atoms with E-state index in [0.717, 1.165) is 12.1 Å². The van der Waals surface area contributed by atoms with Gasteiger partial charge in [0.25, 0.3) is 0 Å². The van der Waals surface area contributed by atoms with Crippen LogP contribution < -0.4 is 14.2 Å². The molecule has 0 amide bonds. The fourth-order valence-corrected chi connectivity index (χ4v) is 3.27. The van der Waals surface area contributed by atoms with E-state index in [0.29, 0.717) is 24.7 Å². The van der Waals surface area contributed by atoms with Crippen LogP contribution in [-0.2, 0) is 16.2 Å². The molecule has 2 rings (SSSR count). The summed E-state index contributed by atoms with van der Waals surface area (Å²) in [5, 5.41) is 0. The molecule has 0 radical (unpaired) electrons. The smallest absolute Gasteiger partial charge is 0.416 e. The first-order valence-electron chi connectivity index (χ1n) is 8.72. The van der Waals surface area contributed by atoms with Crippen LogP contribution in [0.2, 0.25) is 0 Å². The van der Waals surface area contributed by atoms with Gasteiger partial charge < -0.3 is 9.47 Å². The van der Waals surface area contributed by atoms with Crippen LogP contribution in [0.1, 0.15) is 25.0 Å². The van der Waals surface area contributed by atoms with Crippen LogP contribution in [-0.4, -0.2) is 28.2 Å². The normalized spacial score (nSPS) is 11.5. The summed E-state index contributed by atoms with van der Waals surface area (Å²) in [6.07, 6.45) is -4.47. The Morgan fingerprint density at radius 1 is 1.00 bits per heavy atom. The monoisotopic (exact) mass is 427 g/mol. The molecule has 2 aromatic rings. The molecule has 0 saturated heterocycles. The number of ether oxygens (including phenoxy) is 2. The van der Waals surface area contributed by atoms with Crippen molar-refractivity contribution >= 4 is 10.0 Å².